The lowest BCUT2D eigenvalue weighted by atomic mass is 9.83. The second-order valence-electron chi connectivity index (χ2n) is 7.45. The molecule has 0 amide bonds. The smallest absolute Gasteiger partial charge is 0.191 e. The Morgan fingerprint density at radius 2 is 2.07 bits per heavy atom. The maximum Gasteiger partial charge on any atom is 0.191 e. The van der Waals surface area contributed by atoms with Gasteiger partial charge < -0.3 is 24.9 Å². The average Bonchev–Trinajstić information content (AvgIpc) is 3.30. The van der Waals surface area contributed by atoms with Crippen LogP contribution in [0.1, 0.15) is 58.6 Å². The molecule has 3 N–H and O–H groups in total. The minimum atomic E-state index is -1.12. The van der Waals surface area contributed by atoms with E-state index in [9.17, 15) is 5.11 Å². The summed E-state index contributed by atoms with van der Waals surface area (Å²) in [6.07, 6.45) is 7.69. The number of halogens is 1. The highest BCUT2D eigenvalue weighted by Gasteiger charge is 2.33. The van der Waals surface area contributed by atoms with Crippen molar-refractivity contribution in [3.8, 4) is 0 Å². The molecule has 1 saturated carbocycles. The highest BCUT2D eigenvalue weighted by atomic mass is 127. The second kappa shape index (κ2) is 11.9. The summed E-state index contributed by atoms with van der Waals surface area (Å²) in [5.41, 5.74) is -0.833. The van der Waals surface area contributed by atoms with Gasteiger partial charge in [-0.05, 0) is 57.6 Å². The van der Waals surface area contributed by atoms with Crippen molar-refractivity contribution in [2.45, 2.75) is 58.5 Å². The number of hydrogen-bond acceptors (Lipinski definition) is 4. The van der Waals surface area contributed by atoms with Crippen molar-refractivity contribution >= 4 is 29.9 Å². The highest BCUT2D eigenvalue weighted by Crippen LogP contribution is 2.40. The summed E-state index contributed by atoms with van der Waals surface area (Å²) in [7, 11) is 0. The molecule has 27 heavy (non-hydrogen) atoms. The van der Waals surface area contributed by atoms with E-state index in [2.05, 4.69) is 15.6 Å². The number of ether oxygens (including phenoxy) is 1. The SMILES string of the molecule is CCNC(=NCC(C)(O)c1ccco1)NCC1(CCOCC)CCCC1.I. The van der Waals surface area contributed by atoms with E-state index >= 15 is 0 Å². The molecule has 0 spiro atoms. The minimum absolute atomic E-state index is 0. The summed E-state index contributed by atoms with van der Waals surface area (Å²) in [5.74, 6) is 1.27. The van der Waals surface area contributed by atoms with E-state index in [4.69, 9.17) is 9.15 Å². The molecule has 1 aromatic heterocycles. The fourth-order valence-electron chi connectivity index (χ4n) is 3.58. The molecule has 1 aliphatic carbocycles. The molecule has 156 valence electrons. The van der Waals surface area contributed by atoms with Crippen LogP contribution in [0.2, 0.25) is 0 Å². The van der Waals surface area contributed by atoms with Gasteiger partial charge in [-0.2, -0.15) is 0 Å². The molecule has 6 nitrogen and oxygen atoms in total. The number of rotatable bonds is 10. The van der Waals surface area contributed by atoms with Crippen LogP contribution in [0.5, 0.6) is 0 Å². The van der Waals surface area contributed by atoms with Gasteiger partial charge in [-0.25, -0.2) is 4.99 Å². The quantitative estimate of drug-likeness (QED) is 0.201. The lowest BCUT2D eigenvalue weighted by molar-refractivity contribution is 0.0436. The van der Waals surface area contributed by atoms with Crippen LogP contribution in [0, 0.1) is 5.41 Å². The summed E-state index contributed by atoms with van der Waals surface area (Å²) < 4.78 is 10.9. The molecule has 0 bridgehead atoms. The molecule has 1 heterocycles. The first-order chi connectivity index (χ1) is 12.5. The van der Waals surface area contributed by atoms with E-state index in [0.717, 1.165) is 38.7 Å². The fraction of sp³-hybridized carbons (Fsp3) is 0.750. The van der Waals surface area contributed by atoms with Gasteiger partial charge in [0.25, 0.3) is 0 Å². The molecular weight excluding hydrogens is 457 g/mol. The number of guanidine groups is 1. The molecule has 1 unspecified atom stereocenters. The number of nitrogens with one attached hydrogen (secondary N) is 2. The van der Waals surface area contributed by atoms with E-state index < -0.39 is 5.60 Å². The third-order valence-corrected chi connectivity index (χ3v) is 5.22. The van der Waals surface area contributed by atoms with Crippen molar-refractivity contribution in [1.29, 1.82) is 0 Å². The van der Waals surface area contributed by atoms with E-state index in [0.29, 0.717) is 5.76 Å². The van der Waals surface area contributed by atoms with Crippen LogP contribution in [0.25, 0.3) is 0 Å². The Labute approximate surface area is 180 Å². The van der Waals surface area contributed by atoms with Gasteiger partial charge in [-0.15, -0.1) is 24.0 Å². The van der Waals surface area contributed by atoms with Crippen molar-refractivity contribution in [1.82, 2.24) is 10.6 Å². The summed E-state index contributed by atoms with van der Waals surface area (Å²) in [6, 6.07) is 3.55. The highest BCUT2D eigenvalue weighted by molar-refractivity contribution is 14.0. The van der Waals surface area contributed by atoms with Crippen molar-refractivity contribution in [2.75, 3.05) is 32.8 Å². The molecular formula is C20H36IN3O3. The van der Waals surface area contributed by atoms with E-state index in [-0.39, 0.29) is 35.9 Å². The summed E-state index contributed by atoms with van der Waals surface area (Å²) in [5, 5.41) is 17.4. The Balaban J connectivity index is 0.00000364. The monoisotopic (exact) mass is 493 g/mol. The number of furan rings is 1. The van der Waals surface area contributed by atoms with Gasteiger partial charge in [0.05, 0.1) is 12.8 Å². The molecule has 1 aromatic rings. The Morgan fingerprint density at radius 1 is 1.33 bits per heavy atom. The van der Waals surface area contributed by atoms with Gasteiger partial charge in [0.2, 0.25) is 0 Å². The normalized spacial score (nSPS) is 18.6. The summed E-state index contributed by atoms with van der Waals surface area (Å²) in [4.78, 5) is 4.58. The topological polar surface area (TPSA) is 79.0 Å². The van der Waals surface area contributed by atoms with Crippen LogP contribution in [0.15, 0.2) is 27.8 Å². The molecule has 7 heteroatoms. The van der Waals surface area contributed by atoms with E-state index in [1.165, 1.54) is 25.7 Å². The number of aliphatic hydroxyl groups is 1. The van der Waals surface area contributed by atoms with Crippen LogP contribution in [-0.4, -0.2) is 43.9 Å². The van der Waals surface area contributed by atoms with Crippen molar-refractivity contribution in [2.24, 2.45) is 10.4 Å². The Hall–Kier alpha value is -0.800. The van der Waals surface area contributed by atoms with Gasteiger partial charge in [0.15, 0.2) is 5.96 Å². The van der Waals surface area contributed by atoms with Gasteiger partial charge in [-0.1, -0.05) is 12.8 Å². The third-order valence-electron chi connectivity index (χ3n) is 5.22. The molecule has 1 aliphatic rings. The summed E-state index contributed by atoms with van der Waals surface area (Å²) in [6.45, 7) is 9.30. The Kier molecular flexibility index (Phi) is 10.7. The maximum atomic E-state index is 10.6. The van der Waals surface area contributed by atoms with Gasteiger partial charge in [0, 0.05) is 26.3 Å². The molecule has 1 atom stereocenters. The first kappa shape index (κ1) is 24.2. The van der Waals surface area contributed by atoms with Crippen LogP contribution in [0.4, 0.5) is 0 Å². The minimum Gasteiger partial charge on any atom is -0.466 e. The Bertz CT molecular complexity index is 541. The van der Waals surface area contributed by atoms with Gasteiger partial charge >= 0.3 is 0 Å². The fourth-order valence-corrected chi connectivity index (χ4v) is 3.58. The number of aliphatic imine (C=N–C) groups is 1. The van der Waals surface area contributed by atoms with Gasteiger partial charge in [-0.3, -0.25) is 0 Å². The zero-order chi connectivity index (χ0) is 18.9. The largest absolute Gasteiger partial charge is 0.466 e. The maximum absolute atomic E-state index is 10.6. The van der Waals surface area contributed by atoms with Crippen LogP contribution < -0.4 is 10.6 Å². The van der Waals surface area contributed by atoms with Crippen molar-refractivity contribution in [3.63, 3.8) is 0 Å². The zero-order valence-corrected chi connectivity index (χ0v) is 19.3. The lowest BCUT2D eigenvalue weighted by Gasteiger charge is -2.30. The predicted molar refractivity (Wildman–Crippen MR) is 120 cm³/mol. The predicted octanol–water partition coefficient (Wildman–Crippen LogP) is 3.65. The van der Waals surface area contributed by atoms with Crippen molar-refractivity contribution in [3.05, 3.63) is 24.2 Å². The van der Waals surface area contributed by atoms with Gasteiger partial charge in [0.1, 0.15) is 11.4 Å². The third kappa shape index (κ3) is 7.62. The molecule has 0 aromatic carbocycles. The second-order valence-corrected chi connectivity index (χ2v) is 7.45. The van der Waals surface area contributed by atoms with Crippen LogP contribution >= 0.6 is 24.0 Å². The molecule has 0 radical (unpaired) electrons. The molecule has 1 fully saturated rings. The number of hydrogen-bond donors (Lipinski definition) is 3. The first-order valence-electron chi connectivity index (χ1n) is 9.88. The van der Waals surface area contributed by atoms with Crippen LogP contribution in [0.3, 0.4) is 0 Å². The first-order valence-corrected chi connectivity index (χ1v) is 9.88. The zero-order valence-electron chi connectivity index (χ0n) is 16.9. The number of nitrogens with zero attached hydrogens (tertiary/aromatic N) is 1. The van der Waals surface area contributed by atoms with E-state index in [1.54, 1.807) is 25.3 Å². The summed E-state index contributed by atoms with van der Waals surface area (Å²) >= 11 is 0. The van der Waals surface area contributed by atoms with Crippen molar-refractivity contribution < 1.29 is 14.3 Å². The Morgan fingerprint density at radius 3 is 2.67 bits per heavy atom. The lowest BCUT2D eigenvalue weighted by Crippen LogP contribution is -2.44. The molecule has 0 saturated heterocycles. The molecule has 0 aliphatic heterocycles. The average molecular weight is 493 g/mol. The molecule has 2 rings (SSSR count). The standard InChI is InChI=1S/C20H35N3O3.HI/c1-4-21-18(22-15-19(3,24)17-9-8-13-26-17)23-16-20(10-6-7-11-20)12-14-25-5-2;/h8-9,13,24H,4-7,10-12,14-16H2,1-3H3,(H2,21,22,23);1H. The van der Waals surface area contributed by atoms with Crippen LogP contribution in [-0.2, 0) is 10.3 Å². The van der Waals surface area contributed by atoms with E-state index in [1.807, 2.05) is 13.8 Å².